The highest BCUT2D eigenvalue weighted by Crippen LogP contribution is 2.08. The van der Waals surface area contributed by atoms with E-state index in [1.807, 2.05) is 6.92 Å². The van der Waals surface area contributed by atoms with Gasteiger partial charge in [0, 0.05) is 5.69 Å². The first-order chi connectivity index (χ1) is 9.81. The number of nitrogens with two attached hydrogens (primary N) is 1. The van der Waals surface area contributed by atoms with Gasteiger partial charge in [-0.3, -0.25) is 0 Å². The molecule has 21 heavy (non-hydrogen) atoms. The maximum Gasteiger partial charge on any atom is 0.336 e. The Kier molecular flexibility index (Phi) is 5.62. The molecule has 1 aromatic heterocycles. The van der Waals surface area contributed by atoms with Gasteiger partial charge >= 0.3 is 11.9 Å². The minimum Gasteiger partial charge on any atom is -0.478 e. The highest BCUT2D eigenvalue weighted by molar-refractivity contribution is 6.29. The van der Waals surface area contributed by atoms with Gasteiger partial charge in [0.15, 0.2) is 0 Å². The molecule has 8 heteroatoms. The van der Waals surface area contributed by atoms with Crippen molar-refractivity contribution in [2.24, 2.45) is 0 Å². The number of carboxylic acid groups (broad SMARTS) is 2. The lowest BCUT2D eigenvalue weighted by Gasteiger charge is -1.98. The van der Waals surface area contributed by atoms with Crippen LogP contribution in [0.25, 0.3) is 0 Å². The molecule has 0 saturated heterocycles. The number of halogens is 1. The zero-order chi connectivity index (χ0) is 16.0. The Balaban J connectivity index is 0.000000219. The van der Waals surface area contributed by atoms with Gasteiger partial charge in [-0.25, -0.2) is 19.6 Å². The number of benzene rings is 1. The van der Waals surface area contributed by atoms with Gasteiger partial charge in [-0.05, 0) is 25.1 Å². The fourth-order valence-electron chi connectivity index (χ4n) is 1.41. The van der Waals surface area contributed by atoms with Gasteiger partial charge in [0.1, 0.15) is 5.15 Å². The van der Waals surface area contributed by atoms with Gasteiger partial charge in [-0.1, -0.05) is 23.7 Å². The number of hydrogen-bond donors (Lipinski definition) is 3. The van der Waals surface area contributed by atoms with Crippen molar-refractivity contribution in [3.8, 4) is 0 Å². The first-order valence-corrected chi connectivity index (χ1v) is 6.01. The summed E-state index contributed by atoms with van der Waals surface area (Å²) in [5.41, 5.74) is 5.66. The van der Waals surface area contributed by atoms with E-state index in [1.165, 1.54) is 24.3 Å². The lowest BCUT2D eigenvalue weighted by Crippen LogP contribution is -2.06. The Morgan fingerprint density at radius 1 is 1.10 bits per heavy atom. The van der Waals surface area contributed by atoms with Crippen LogP contribution in [-0.4, -0.2) is 32.1 Å². The minimum atomic E-state index is -1.23. The third kappa shape index (κ3) is 5.07. The molecule has 1 aromatic carbocycles. The lowest BCUT2D eigenvalue weighted by atomic mass is 10.1. The number of aromatic carboxylic acids is 2. The average molecular weight is 310 g/mol. The van der Waals surface area contributed by atoms with Crippen molar-refractivity contribution in [3.05, 3.63) is 52.3 Å². The molecule has 0 radical (unpaired) electrons. The molecule has 0 fully saturated rings. The van der Waals surface area contributed by atoms with Crippen molar-refractivity contribution in [3.63, 3.8) is 0 Å². The maximum atomic E-state index is 10.5. The molecule has 7 nitrogen and oxygen atoms in total. The van der Waals surface area contributed by atoms with Gasteiger partial charge in [0.2, 0.25) is 5.95 Å². The third-order valence-corrected chi connectivity index (χ3v) is 2.42. The molecule has 110 valence electrons. The molecular weight excluding hydrogens is 298 g/mol. The zero-order valence-corrected chi connectivity index (χ0v) is 11.7. The van der Waals surface area contributed by atoms with Crippen LogP contribution in [0.3, 0.4) is 0 Å². The van der Waals surface area contributed by atoms with Gasteiger partial charge in [-0.15, -0.1) is 0 Å². The second-order valence-electron chi connectivity index (χ2n) is 3.85. The van der Waals surface area contributed by atoms with Crippen molar-refractivity contribution >= 4 is 29.5 Å². The van der Waals surface area contributed by atoms with E-state index in [0.29, 0.717) is 5.15 Å². The summed E-state index contributed by atoms with van der Waals surface area (Å²) in [6.07, 6.45) is 0. The Labute approximate surface area is 125 Å². The molecule has 0 amide bonds. The Bertz CT molecular complexity index is 593. The SMILES string of the molecule is Cc1cc(Cl)nc(N)n1.O=C(O)c1ccccc1C(=O)O. The predicted octanol–water partition coefficient (Wildman–Crippen LogP) is 2.10. The van der Waals surface area contributed by atoms with Crippen molar-refractivity contribution < 1.29 is 19.8 Å². The smallest absolute Gasteiger partial charge is 0.336 e. The Morgan fingerprint density at radius 2 is 1.57 bits per heavy atom. The molecule has 4 N–H and O–H groups in total. The zero-order valence-electron chi connectivity index (χ0n) is 10.9. The van der Waals surface area contributed by atoms with Gasteiger partial charge < -0.3 is 15.9 Å². The molecular formula is C13H12ClN3O4. The molecule has 0 aliphatic rings. The fraction of sp³-hybridized carbons (Fsp3) is 0.0769. The summed E-state index contributed by atoms with van der Waals surface area (Å²) in [6.45, 7) is 1.81. The van der Waals surface area contributed by atoms with Gasteiger partial charge in [0.25, 0.3) is 0 Å². The topological polar surface area (TPSA) is 126 Å². The molecule has 1 heterocycles. The van der Waals surface area contributed by atoms with Crippen LogP contribution < -0.4 is 5.73 Å². The van der Waals surface area contributed by atoms with Gasteiger partial charge in [0.05, 0.1) is 11.1 Å². The van der Waals surface area contributed by atoms with E-state index in [-0.39, 0.29) is 17.1 Å². The van der Waals surface area contributed by atoms with Crippen molar-refractivity contribution in [2.75, 3.05) is 5.73 Å². The van der Waals surface area contributed by atoms with Crippen LogP contribution in [0.1, 0.15) is 26.4 Å². The second-order valence-corrected chi connectivity index (χ2v) is 4.23. The first kappa shape index (κ1) is 16.4. The van der Waals surface area contributed by atoms with E-state index in [4.69, 9.17) is 27.5 Å². The molecule has 0 unspecified atom stereocenters. The number of aromatic nitrogens is 2. The van der Waals surface area contributed by atoms with Crippen LogP contribution in [0.2, 0.25) is 5.15 Å². The highest BCUT2D eigenvalue weighted by Gasteiger charge is 2.13. The fourth-order valence-corrected chi connectivity index (χ4v) is 1.65. The Hall–Kier alpha value is -2.67. The number of anilines is 1. The predicted molar refractivity (Wildman–Crippen MR) is 76.6 cm³/mol. The number of rotatable bonds is 2. The molecule has 0 spiro atoms. The van der Waals surface area contributed by atoms with E-state index in [0.717, 1.165) is 5.69 Å². The van der Waals surface area contributed by atoms with Crippen LogP contribution in [0, 0.1) is 6.92 Å². The number of aryl methyl sites for hydroxylation is 1. The van der Waals surface area contributed by atoms with E-state index in [1.54, 1.807) is 6.07 Å². The molecule has 2 rings (SSSR count). The Morgan fingerprint density at radius 3 is 1.90 bits per heavy atom. The lowest BCUT2D eigenvalue weighted by molar-refractivity contribution is 0.0651. The summed E-state index contributed by atoms with van der Waals surface area (Å²) in [5.74, 6) is -2.24. The van der Waals surface area contributed by atoms with Crippen molar-refractivity contribution in [1.82, 2.24) is 9.97 Å². The van der Waals surface area contributed by atoms with Crippen LogP contribution in [0.4, 0.5) is 5.95 Å². The van der Waals surface area contributed by atoms with Crippen LogP contribution in [0.15, 0.2) is 30.3 Å². The maximum absolute atomic E-state index is 10.5. The third-order valence-electron chi connectivity index (χ3n) is 2.23. The molecule has 0 saturated carbocycles. The summed E-state index contributed by atoms with van der Waals surface area (Å²) in [4.78, 5) is 28.4. The first-order valence-electron chi connectivity index (χ1n) is 5.63. The summed E-state index contributed by atoms with van der Waals surface area (Å²) < 4.78 is 0. The number of carboxylic acids is 2. The number of nitrogens with zero attached hydrogens (tertiary/aromatic N) is 2. The van der Waals surface area contributed by atoms with Crippen LogP contribution in [0.5, 0.6) is 0 Å². The number of hydrogen-bond acceptors (Lipinski definition) is 5. The summed E-state index contributed by atoms with van der Waals surface area (Å²) in [7, 11) is 0. The summed E-state index contributed by atoms with van der Waals surface area (Å²) in [6, 6.07) is 7.13. The van der Waals surface area contributed by atoms with E-state index < -0.39 is 11.9 Å². The molecule has 0 aliphatic heterocycles. The largest absolute Gasteiger partial charge is 0.478 e. The van der Waals surface area contributed by atoms with Gasteiger partial charge in [-0.2, -0.15) is 0 Å². The second kappa shape index (κ2) is 7.20. The van der Waals surface area contributed by atoms with Crippen molar-refractivity contribution in [2.45, 2.75) is 6.92 Å². The molecule has 0 atom stereocenters. The van der Waals surface area contributed by atoms with Crippen LogP contribution >= 0.6 is 11.6 Å². The van der Waals surface area contributed by atoms with Crippen molar-refractivity contribution in [1.29, 1.82) is 0 Å². The summed E-state index contributed by atoms with van der Waals surface area (Å²) in [5, 5.41) is 17.5. The van der Waals surface area contributed by atoms with E-state index >= 15 is 0 Å². The normalized spacial score (nSPS) is 9.43. The average Bonchev–Trinajstić information content (AvgIpc) is 2.37. The monoisotopic (exact) mass is 309 g/mol. The number of carbonyl (C=O) groups is 2. The summed E-state index contributed by atoms with van der Waals surface area (Å²) >= 11 is 5.52. The molecule has 0 aliphatic carbocycles. The highest BCUT2D eigenvalue weighted by atomic mass is 35.5. The number of nitrogen functional groups attached to an aromatic ring is 1. The quantitative estimate of drug-likeness (QED) is 0.725. The van der Waals surface area contributed by atoms with E-state index in [2.05, 4.69) is 9.97 Å². The van der Waals surface area contributed by atoms with Crippen LogP contribution in [-0.2, 0) is 0 Å². The molecule has 2 aromatic rings. The minimum absolute atomic E-state index is 0.190. The molecule has 0 bridgehead atoms. The van der Waals surface area contributed by atoms with E-state index in [9.17, 15) is 9.59 Å². The standard InChI is InChI=1S/C8H6O4.C5H6ClN3/c9-7(10)5-3-1-2-4-6(5)8(11)12;1-3-2-4(6)9-5(7)8-3/h1-4H,(H,9,10)(H,11,12);2H,1H3,(H2,7,8,9).